The topological polar surface area (TPSA) is 49.3 Å². The van der Waals surface area contributed by atoms with Crippen molar-refractivity contribution in [1.82, 2.24) is 5.32 Å². The normalized spacial score (nSPS) is 25.4. The van der Waals surface area contributed by atoms with Gasteiger partial charge in [-0.3, -0.25) is 4.79 Å². The molecule has 3 heteroatoms. The van der Waals surface area contributed by atoms with Gasteiger partial charge in [-0.2, -0.15) is 0 Å². The van der Waals surface area contributed by atoms with E-state index in [1.54, 1.807) is 0 Å². The Morgan fingerprint density at radius 2 is 1.94 bits per heavy atom. The quantitative estimate of drug-likeness (QED) is 0.861. The van der Waals surface area contributed by atoms with Gasteiger partial charge < -0.3 is 10.4 Å². The van der Waals surface area contributed by atoms with Gasteiger partial charge in [-0.1, -0.05) is 31.0 Å². The Hall–Kier alpha value is -1.35. The van der Waals surface area contributed by atoms with E-state index in [1.807, 2.05) is 37.3 Å². The lowest BCUT2D eigenvalue weighted by Crippen LogP contribution is -2.45. The number of aliphatic hydroxyl groups is 1. The maximum atomic E-state index is 12.1. The van der Waals surface area contributed by atoms with Crippen molar-refractivity contribution in [1.29, 1.82) is 0 Å². The fourth-order valence-corrected chi connectivity index (χ4v) is 2.76. The van der Waals surface area contributed by atoms with E-state index in [9.17, 15) is 9.90 Å². The van der Waals surface area contributed by atoms with Crippen LogP contribution in [0.25, 0.3) is 0 Å². The van der Waals surface area contributed by atoms with Gasteiger partial charge in [-0.15, -0.1) is 0 Å². The molecule has 0 spiro atoms. The molecule has 18 heavy (non-hydrogen) atoms. The van der Waals surface area contributed by atoms with Gasteiger partial charge in [-0.25, -0.2) is 0 Å². The first-order valence-corrected chi connectivity index (χ1v) is 6.72. The van der Waals surface area contributed by atoms with E-state index in [1.165, 1.54) is 0 Å². The Kier molecular flexibility index (Phi) is 4.37. The molecule has 3 nitrogen and oxygen atoms in total. The molecule has 1 saturated carbocycles. The second kappa shape index (κ2) is 6.01. The predicted octanol–water partition coefficient (Wildman–Crippen LogP) is 2.36. The molecule has 1 fully saturated rings. The maximum Gasteiger partial charge on any atom is 0.251 e. The van der Waals surface area contributed by atoms with Crippen molar-refractivity contribution in [3.05, 3.63) is 35.9 Å². The van der Waals surface area contributed by atoms with Crippen LogP contribution in [0.2, 0.25) is 0 Å². The number of aliphatic hydroxyl groups excluding tert-OH is 1. The van der Waals surface area contributed by atoms with Gasteiger partial charge in [-0.05, 0) is 31.9 Å². The summed E-state index contributed by atoms with van der Waals surface area (Å²) in [5.41, 5.74) is 0.687. The van der Waals surface area contributed by atoms with E-state index >= 15 is 0 Å². The minimum Gasteiger partial charge on any atom is -0.393 e. The zero-order chi connectivity index (χ0) is 13.0. The van der Waals surface area contributed by atoms with Crippen molar-refractivity contribution in [2.24, 2.45) is 5.92 Å². The molecule has 98 valence electrons. The van der Waals surface area contributed by atoms with Crippen molar-refractivity contribution in [2.45, 2.75) is 44.8 Å². The van der Waals surface area contributed by atoms with Gasteiger partial charge in [0.15, 0.2) is 0 Å². The highest BCUT2D eigenvalue weighted by Crippen LogP contribution is 2.27. The van der Waals surface area contributed by atoms with E-state index in [2.05, 4.69) is 5.32 Å². The van der Waals surface area contributed by atoms with Gasteiger partial charge in [0.1, 0.15) is 0 Å². The van der Waals surface area contributed by atoms with Crippen LogP contribution in [0.5, 0.6) is 0 Å². The molecule has 0 bridgehead atoms. The average Bonchev–Trinajstić information content (AvgIpc) is 2.40. The number of hydrogen-bond donors (Lipinski definition) is 2. The Balaban J connectivity index is 2.01. The van der Waals surface area contributed by atoms with E-state index in [-0.39, 0.29) is 24.0 Å². The fraction of sp³-hybridized carbons (Fsp3) is 0.533. The zero-order valence-corrected chi connectivity index (χ0v) is 10.8. The van der Waals surface area contributed by atoms with Gasteiger partial charge in [0.2, 0.25) is 0 Å². The number of carbonyl (C=O) groups excluding carboxylic acids is 1. The van der Waals surface area contributed by atoms with E-state index in [4.69, 9.17) is 0 Å². The summed E-state index contributed by atoms with van der Waals surface area (Å²) in [6, 6.07) is 9.36. The highest BCUT2D eigenvalue weighted by atomic mass is 16.3. The first kappa shape index (κ1) is 13.1. The minimum absolute atomic E-state index is 0.0341. The lowest BCUT2D eigenvalue weighted by molar-refractivity contribution is 0.0671. The monoisotopic (exact) mass is 247 g/mol. The van der Waals surface area contributed by atoms with Crippen molar-refractivity contribution < 1.29 is 9.90 Å². The maximum absolute atomic E-state index is 12.1. The van der Waals surface area contributed by atoms with Crippen LogP contribution in [0, 0.1) is 5.92 Å². The molecule has 0 saturated heterocycles. The van der Waals surface area contributed by atoms with Crippen LogP contribution in [0.3, 0.4) is 0 Å². The van der Waals surface area contributed by atoms with Crippen molar-refractivity contribution in [2.75, 3.05) is 0 Å². The van der Waals surface area contributed by atoms with Gasteiger partial charge in [0.25, 0.3) is 5.91 Å². The molecule has 0 aliphatic heterocycles. The summed E-state index contributed by atoms with van der Waals surface area (Å²) < 4.78 is 0. The number of hydrogen-bond acceptors (Lipinski definition) is 2. The molecule has 1 amide bonds. The fourth-order valence-electron chi connectivity index (χ4n) is 2.76. The summed E-state index contributed by atoms with van der Waals surface area (Å²) in [5, 5.41) is 12.8. The molecule has 1 aromatic carbocycles. The summed E-state index contributed by atoms with van der Waals surface area (Å²) in [7, 11) is 0. The number of benzene rings is 1. The van der Waals surface area contributed by atoms with Crippen LogP contribution in [0.1, 0.15) is 43.0 Å². The SMILES string of the molecule is C[C@H](O)[C@@H]1CCCC[C@H]1NC(=O)c1ccccc1. The van der Waals surface area contributed by atoms with Crippen LogP contribution in [-0.2, 0) is 0 Å². The van der Waals surface area contributed by atoms with Gasteiger partial charge in [0.05, 0.1) is 6.10 Å². The van der Waals surface area contributed by atoms with Gasteiger partial charge in [0, 0.05) is 17.5 Å². The minimum atomic E-state index is -0.355. The molecule has 0 unspecified atom stereocenters. The molecule has 2 N–H and O–H groups in total. The first-order valence-electron chi connectivity index (χ1n) is 6.72. The number of nitrogens with one attached hydrogen (secondary N) is 1. The van der Waals surface area contributed by atoms with Crippen LogP contribution >= 0.6 is 0 Å². The van der Waals surface area contributed by atoms with Crippen LogP contribution in [-0.4, -0.2) is 23.2 Å². The first-order chi connectivity index (χ1) is 8.68. The Bertz CT molecular complexity index is 389. The Labute approximate surface area is 108 Å². The molecule has 2 rings (SSSR count). The standard InChI is InChI=1S/C15H21NO2/c1-11(17)13-9-5-6-10-14(13)16-15(18)12-7-3-2-4-8-12/h2-4,7-8,11,13-14,17H,5-6,9-10H2,1H3,(H,16,18)/t11-,13-,14+/m0/s1. The molecule has 0 radical (unpaired) electrons. The van der Waals surface area contributed by atoms with E-state index in [0.717, 1.165) is 25.7 Å². The molecular formula is C15H21NO2. The highest BCUT2D eigenvalue weighted by molar-refractivity contribution is 5.94. The largest absolute Gasteiger partial charge is 0.393 e. The van der Waals surface area contributed by atoms with E-state index in [0.29, 0.717) is 5.56 Å². The van der Waals surface area contributed by atoms with E-state index < -0.39 is 0 Å². The molecular weight excluding hydrogens is 226 g/mol. The van der Waals surface area contributed by atoms with Crippen molar-refractivity contribution in [3.8, 4) is 0 Å². The molecule has 0 aromatic heterocycles. The third kappa shape index (κ3) is 3.10. The number of rotatable bonds is 3. The summed E-state index contributed by atoms with van der Waals surface area (Å²) in [4.78, 5) is 12.1. The summed E-state index contributed by atoms with van der Waals surface area (Å²) in [6.07, 6.45) is 3.88. The van der Waals surface area contributed by atoms with Crippen LogP contribution < -0.4 is 5.32 Å². The summed E-state index contributed by atoms with van der Waals surface area (Å²) in [6.45, 7) is 1.82. The highest BCUT2D eigenvalue weighted by Gasteiger charge is 2.29. The summed E-state index contributed by atoms with van der Waals surface area (Å²) >= 11 is 0. The third-order valence-electron chi connectivity index (χ3n) is 3.79. The summed E-state index contributed by atoms with van der Waals surface area (Å²) in [5.74, 6) is 0.152. The molecule has 3 atom stereocenters. The number of carbonyl (C=O) groups is 1. The smallest absolute Gasteiger partial charge is 0.251 e. The lowest BCUT2D eigenvalue weighted by Gasteiger charge is -2.34. The van der Waals surface area contributed by atoms with Crippen LogP contribution in [0.15, 0.2) is 30.3 Å². The molecule has 1 aliphatic rings. The molecule has 1 aliphatic carbocycles. The zero-order valence-electron chi connectivity index (χ0n) is 10.8. The average molecular weight is 247 g/mol. The molecule has 1 aromatic rings. The van der Waals surface area contributed by atoms with Crippen LogP contribution in [0.4, 0.5) is 0 Å². The lowest BCUT2D eigenvalue weighted by atomic mass is 9.81. The van der Waals surface area contributed by atoms with Crippen molar-refractivity contribution >= 4 is 5.91 Å². The Morgan fingerprint density at radius 1 is 1.28 bits per heavy atom. The van der Waals surface area contributed by atoms with Gasteiger partial charge >= 0.3 is 0 Å². The number of amides is 1. The predicted molar refractivity (Wildman–Crippen MR) is 71.3 cm³/mol. The second-order valence-electron chi connectivity index (χ2n) is 5.13. The van der Waals surface area contributed by atoms with Crippen molar-refractivity contribution in [3.63, 3.8) is 0 Å². The Morgan fingerprint density at radius 3 is 2.61 bits per heavy atom. The molecule has 0 heterocycles. The second-order valence-corrected chi connectivity index (χ2v) is 5.13. The third-order valence-corrected chi connectivity index (χ3v) is 3.79.